The lowest BCUT2D eigenvalue weighted by Gasteiger charge is -2.22. The van der Waals surface area contributed by atoms with E-state index in [4.69, 9.17) is 10.5 Å². The van der Waals surface area contributed by atoms with Crippen molar-refractivity contribution in [2.75, 3.05) is 32.8 Å². The van der Waals surface area contributed by atoms with E-state index < -0.39 is 5.91 Å². The van der Waals surface area contributed by atoms with Crippen LogP contribution >= 0.6 is 0 Å². The molecule has 0 unspecified atom stereocenters. The van der Waals surface area contributed by atoms with Crippen molar-refractivity contribution >= 4 is 5.91 Å². The summed E-state index contributed by atoms with van der Waals surface area (Å²) in [4.78, 5) is 15.6. The van der Waals surface area contributed by atoms with Crippen LogP contribution in [0.1, 0.15) is 17.5 Å². The number of nitrogens with two attached hydrogens (primary N) is 1. The number of amides is 1. The van der Waals surface area contributed by atoms with Gasteiger partial charge in [0, 0.05) is 31.7 Å². The van der Waals surface area contributed by atoms with Crippen LogP contribution in [0.5, 0.6) is 5.75 Å². The van der Waals surface area contributed by atoms with Gasteiger partial charge in [-0.25, -0.2) is 4.39 Å². The third-order valence-corrected chi connectivity index (χ3v) is 4.72. The van der Waals surface area contributed by atoms with Crippen molar-refractivity contribution in [3.05, 3.63) is 65.5 Å². The maximum Gasteiger partial charge on any atom is 0.255 e. The van der Waals surface area contributed by atoms with Crippen molar-refractivity contribution in [1.82, 2.24) is 9.80 Å². The Kier molecular flexibility index (Phi) is 6.79. The predicted molar refractivity (Wildman–Crippen MR) is 103 cm³/mol. The fourth-order valence-corrected chi connectivity index (χ4v) is 3.35. The number of carbonyl (C=O) groups is 1. The molecule has 144 valence electrons. The number of carbonyl (C=O) groups excluding carboxylic acids is 1. The normalized spacial score (nSPS) is 16.0. The summed E-state index contributed by atoms with van der Waals surface area (Å²) >= 11 is 0. The Morgan fingerprint density at radius 3 is 2.48 bits per heavy atom. The predicted octanol–water partition coefficient (Wildman–Crippen LogP) is 2.40. The molecule has 6 heteroatoms. The molecule has 1 saturated heterocycles. The molecule has 0 aromatic heterocycles. The summed E-state index contributed by atoms with van der Waals surface area (Å²) in [5.41, 5.74) is 7.02. The maximum atomic E-state index is 13.9. The summed E-state index contributed by atoms with van der Waals surface area (Å²) in [6.07, 6.45) is 1.05. The van der Waals surface area contributed by atoms with E-state index >= 15 is 0 Å². The van der Waals surface area contributed by atoms with Gasteiger partial charge in [-0.3, -0.25) is 14.6 Å². The maximum absolute atomic E-state index is 13.9. The van der Waals surface area contributed by atoms with Crippen LogP contribution in [0.25, 0.3) is 0 Å². The van der Waals surface area contributed by atoms with E-state index in [-0.39, 0.29) is 12.4 Å². The third kappa shape index (κ3) is 6.05. The fraction of sp³-hybridized carbons (Fsp3) is 0.381. The van der Waals surface area contributed by atoms with Gasteiger partial charge in [0.25, 0.3) is 5.91 Å². The molecule has 2 aromatic carbocycles. The second-order valence-electron chi connectivity index (χ2n) is 6.90. The molecule has 5 nitrogen and oxygen atoms in total. The molecule has 2 aromatic rings. The molecule has 1 fully saturated rings. The van der Waals surface area contributed by atoms with E-state index in [9.17, 15) is 9.18 Å². The SMILES string of the molecule is NC(=O)COc1cccc(CN2CCCN(Cc3ccccc3F)CC2)c1. The average Bonchev–Trinajstić information content (AvgIpc) is 2.87. The summed E-state index contributed by atoms with van der Waals surface area (Å²) < 4.78 is 19.3. The zero-order valence-electron chi connectivity index (χ0n) is 15.4. The molecule has 0 aliphatic carbocycles. The number of hydrogen-bond donors (Lipinski definition) is 1. The van der Waals surface area contributed by atoms with Gasteiger partial charge in [-0.1, -0.05) is 30.3 Å². The zero-order valence-corrected chi connectivity index (χ0v) is 15.4. The van der Waals surface area contributed by atoms with Crippen LogP contribution in [0.15, 0.2) is 48.5 Å². The van der Waals surface area contributed by atoms with Crippen molar-refractivity contribution in [2.24, 2.45) is 5.73 Å². The zero-order chi connectivity index (χ0) is 19.1. The fourth-order valence-electron chi connectivity index (χ4n) is 3.35. The summed E-state index contributed by atoms with van der Waals surface area (Å²) in [6.45, 7) is 5.16. The monoisotopic (exact) mass is 371 g/mol. The van der Waals surface area contributed by atoms with Crippen molar-refractivity contribution in [1.29, 1.82) is 0 Å². The Morgan fingerprint density at radius 1 is 1.00 bits per heavy atom. The van der Waals surface area contributed by atoms with Gasteiger partial charge in [0.1, 0.15) is 11.6 Å². The van der Waals surface area contributed by atoms with Crippen LogP contribution < -0.4 is 10.5 Å². The largest absolute Gasteiger partial charge is 0.484 e. The molecule has 0 bridgehead atoms. The Bertz CT molecular complexity index is 769. The summed E-state index contributed by atoms with van der Waals surface area (Å²) in [5, 5.41) is 0. The first kappa shape index (κ1) is 19.3. The molecule has 0 radical (unpaired) electrons. The van der Waals surface area contributed by atoms with Gasteiger partial charge in [-0.05, 0) is 43.3 Å². The molecular weight excluding hydrogens is 345 g/mol. The Morgan fingerprint density at radius 2 is 1.74 bits per heavy atom. The van der Waals surface area contributed by atoms with Crippen LogP contribution in [-0.4, -0.2) is 48.5 Å². The molecule has 0 saturated carbocycles. The molecule has 0 atom stereocenters. The third-order valence-electron chi connectivity index (χ3n) is 4.72. The van der Waals surface area contributed by atoms with Gasteiger partial charge < -0.3 is 10.5 Å². The first-order valence-electron chi connectivity index (χ1n) is 9.28. The molecule has 3 rings (SSSR count). The van der Waals surface area contributed by atoms with Gasteiger partial charge in [-0.15, -0.1) is 0 Å². The number of rotatable bonds is 7. The summed E-state index contributed by atoms with van der Waals surface area (Å²) in [6, 6.07) is 14.7. The molecule has 27 heavy (non-hydrogen) atoms. The summed E-state index contributed by atoms with van der Waals surface area (Å²) in [7, 11) is 0. The molecule has 2 N–H and O–H groups in total. The lowest BCUT2D eigenvalue weighted by atomic mass is 10.2. The number of benzene rings is 2. The van der Waals surface area contributed by atoms with Crippen LogP contribution in [0.2, 0.25) is 0 Å². The number of halogens is 1. The first-order chi connectivity index (χ1) is 13.1. The van der Waals surface area contributed by atoms with E-state index in [2.05, 4.69) is 15.9 Å². The smallest absolute Gasteiger partial charge is 0.255 e. The van der Waals surface area contributed by atoms with Gasteiger partial charge in [-0.2, -0.15) is 0 Å². The van der Waals surface area contributed by atoms with Crippen LogP contribution in [0, 0.1) is 5.82 Å². The number of nitrogens with zero attached hydrogens (tertiary/aromatic N) is 2. The Hall–Kier alpha value is -2.44. The van der Waals surface area contributed by atoms with Crippen molar-refractivity contribution in [2.45, 2.75) is 19.5 Å². The minimum atomic E-state index is -0.483. The minimum Gasteiger partial charge on any atom is -0.484 e. The first-order valence-corrected chi connectivity index (χ1v) is 9.28. The number of primary amides is 1. The average molecular weight is 371 g/mol. The number of ether oxygens (including phenoxy) is 1. The lowest BCUT2D eigenvalue weighted by molar-refractivity contribution is -0.119. The lowest BCUT2D eigenvalue weighted by Crippen LogP contribution is -2.30. The highest BCUT2D eigenvalue weighted by Gasteiger charge is 2.16. The highest BCUT2D eigenvalue weighted by Crippen LogP contribution is 2.17. The molecule has 1 aliphatic rings. The van der Waals surface area contributed by atoms with E-state index in [1.165, 1.54) is 6.07 Å². The minimum absolute atomic E-state index is 0.113. The molecule has 1 amide bonds. The van der Waals surface area contributed by atoms with E-state index in [1.54, 1.807) is 6.07 Å². The highest BCUT2D eigenvalue weighted by molar-refractivity contribution is 5.75. The van der Waals surface area contributed by atoms with Crippen molar-refractivity contribution in [3.8, 4) is 5.75 Å². The van der Waals surface area contributed by atoms with Crippen LogP contribution in [0.3, 0.4) is 0 Å². The second-order valence-corrected chi connectivity index (χ2v) is 6.90. The van der Waals surface area contributed by atoms with Crippen molar-refractivity contribution < 1.29 is 13.9 Å². The van der Waals surface area contributed by atoms with E-state index in [0.717, 1.165) is 50.3 Å². The standard InChI is InChI=1S/C21H26FN3O2/c22-20-8-2-1-6-18(20)15-25-10-4-9-24(11-12-25)14-17-5-3-7-19(13-17)27-16-21(23)26/h1-3,5-8,13H,4,9-12,14-16H2,(H2,23,26). The van der Waals surface area contributed by atoms with Crippen molar-refractivity contribution in [3.63, 3.8) is 0 Å². The molecule has 0 spiro atoms. The number of hydrogen-bond acceptors (Lipinski definition) is 4. The Balaban J connectivity index is 1.53. The summed E-state index contributed by atoms with van der Waals surface area (Å²) in [5.74, 6) is 0.0385. The highest BCUT2D eigenvalue weighted by atomic mass is 19.1. The van der Waals surface area contributed by atoms with Gasteiger partial charge >= 0.3 is 0 Å². The Labute approximate surface area is 159 Å². The molecule has 1 heterocycles. The second kappa shape index (κ2) is 9.48. The van der Waals surface area contributed by atoms with Gasteiger partial charge in [0.2, 0.25) is 0 Å². The van der Waals surface area contributed by atoms with E-state index in [0.29, 0.717) is 12.3 Å². The van der Waals surface area contributed by atoms with Crippen LogP contribution in [0.4, 0.5) is 4.39 Å². The van der Waals surface area contributed by atoms with Gasteiger partial charge in [0.05, 0.1) is 0 Å². The topological polar surface area (TPSA) is 58.8 Å². The molecule has 1 aliphatic heterocycles. The van der Waals surface area contributed by atoms with Gasteiger partial charge in [0.15, 0.2) is 6.61 Å². The quantitative estimate of drug-likeness (QED) is 0.812. The van der Waals surface area contributed by atoms with E-state index in [1.807, 2.05) is 30.3 Å². The molecular formula is C21H26FN3O2. The van der Waals surface area contributed by atoms with Crippen LogP contribution in [-0.2, 0) is 17.9 Å².